The number of nitrogens with one attached hydrogen (secondary N) is 2. The Kier molecular flexibility index (Phi) is 12.2. The van der Waals surface area contributed by atoms with Gasteiger partial charge >= 0.3 is 0 Å². The number of nitrogens with zero attached hydrogens (tertiary/aromatic N) is 2. The first-order chi connectivity index (χ1) is 14.3. The van der Waals surface area contributed by atoms with Crippen LogP contribution in [-0.4, -0.2) is 77.1 Å². The fraction of sp³-hybridized carbons (Fsp3) is 0.682. The zero-order chi connectivity index (χ0) is 20.6. The van der Waals surface area contributed by atoms with Crippen LogP contribution in [0, 0.1) is 0 Å². The maximum Gasteiger partial charge on any atom is 0.191 e. The average molecular weight is 407 g/mol. The summed E-state index contributed by atoms with van der Waals surface area (Å²) >= 11 is 0. The average Bonchev–Trinajstić information content (AvgIpc) is 2.77. The lowest BCUT2D eigenvalue weighted by atomic mass is 10.2. The van der Waals surface area contributed by atoms with E-state index in [4.69, 9.17) is 19.2 Å². The minimum atomic E-state index is 0.637. The van der Waals surface area contributed by atoms with Crippen LogP contribution in [0.3, 0.4) is 0 Å². The summed E-state index contributed by atoms with van der Waals surface area (Å²) in [5.74, 6) is 1.73. The predicted molar refractivity (Wildman–Crippen MR) is 118 cm³/mol. The zero-order valence-electron chi connectivity index (χ0n) is 18.1. The number of hydrogen-bond acceptors (Lipinski definition) is 5. The molecule has 1 aromatic rings. The maximum atomic E-state index is 5.41. The molecule has 0 spiro atoms. The summed E-state index contributed by atoms with van der Waals surface area (Å²) in [4.78, 5) is 7.22. The standard InChI is InChI=1S/C22H38N4O3/c1-3-28-16-6-12-24-22(25-19-20-7-9-21(27-2)10-8-20)23-11-4-5-13-26-14-17-29-18-15-26/h7-10H,3-6,11-19H2,1-2H3,(H2,23,24,25). The Morgan fingerprint density at radius 2 is 1.79 bits per heavy atom. The molecule has 1 aromatic carbocycles. The van der Waals surface area contributed by atoms with E-state index in [0.717, 1.165) is 89.3 Å². The van der Waals surface area contributed by atoms with Gasteiger partial charge in [-0.3, -0.25) is 4.90 Å². The molecule has 1 aliphatic rings. The van der Waals surface area contributed by atoms with E-state index >= 15 is 0 Å². The van der Waals surface area contributed by atoms with Crippen molar-refractivity contribution in [3.05, 3.63) is 29.8 Å². The Hall–Kier alpha value is -1.83. The highest BCUT2D eigenvalue weighted by atomic mass is 16.5. The summed E-state index contributed by atoms with van der Waals surface area (Å²) in [6, 6.07) is 8.05. The second-order valence-electron chi connectivity index (χ2n) is 7.08. The molecular formula is C22H38N4O3. The van der Waals surface area contributed by atoms with Gasteiger partial charge in [0.1, 0.15) is 5.75 Å². The third kappa shape index (κ3) is 10.5. The van der Waals surface area contributed by atoms with Crippen LogP contribution in [-0.2, 0) is 16.0 Å². The number of hydrogen-bond donors (Lipinski definition) is 2. The summed E-state index contributed by atoms with van der Waals surface area (Å²) in [6.45, 7) is 11.0. The van der Waals surface area contributed by atoms with Crippen LogP contribution in [0.2, 0.25) is 0 Å². The number of guanidine groups is 1. The lowest BCUT2D eigenvalue weighted by molar-refractivity contribution is 0.0372. The number of methoxy groups -OCH3 is 1. The van der Waals surface area contributed by atoms with E-state index in [0.29, 0.717) is 6.54 Å². The number of ether oxygens (including phenoxy) is 3. The van der Waals surface area contributed by atoms with Gasteiger partial charge in [0.15, 0.2) is 5.96 Å². The lowest BCUT2D eigenvalue weighted by Gasteiger charge is -2.26. The first-order valence-electron chi connectivity index (χ1n) is 10.8. The van der Waals surface area contributed by atoms with Gasteiger partial charge in [0.05, 0.1) is 26.9 Å². The molecule has 1 aliphatic heterocycles. The number of morpholine rings is 1. The van der Waals surface area contributed by atoms with Gasteiger partial charge in [-0.05, 0) is 50.4 Å². The lowest BCUT2D eigenvalue weighted by Crippen LogP contribution is -2.39. The number of unbranched alkanes of at least 4 members (excludes halogenated alkanes) is 1. The quantitative estimate of drug-likeness (QED) is 0.298. The van der Waals surface area contributed by atoms with Crippen LogP contribution >= 0.6 is 0 Å². The Balaban J connectivity index is 1.73. The van der Waals surface area contributed by atoms with Gasteiger partial charge in [-0.1, -0.05) is 12.1 Å². The third-order valence-electron chi connectivity index (χ3n) is 4.84. The summed E-state index contributed by atoms with van der Waals surface area (Å²) in [7, 11) is 1.68. The molecule has 1 fully saturated rings. The molecular weight excluding hydrogens is 368 g/mol. The second kappa shape index (κ2) is 15.1. The topological polar surface area (TPSA) is 67.3 Å². The fourth-order valence-corrected chi connectivity index (χ4v) is 3.09. The molecule has 0 atom stereocenters. The van der Waals surface area contributed by atoms with E-state index in [1.807, 2.05) is 19.1 Å². The molecule has 1 heterocycles. The number of rotatable bonds is 13. The van der Waals surface area contributed by atoms with Crippen molar-refractivity contribution >= 4 is 5.96 Å². The number of benzene rings is 1. The van der Waals surface area contributed by atoms with Crippen LogP contribution in [0.5, 0.6) is 5.75 Å². The molecule has 2 rings (SSSR count). The highest BCUT2D eigenvalue weighted by Gasteiger charge is 2.09. The Bertz CT molecular complexity index is 560. The molecule has 0 radical (unpaired) electrons. The van der Waals surface area contributed by atoms with E-state index in [-0.39, 0.29) is 0 Å². The van der Waals surface area contributed by atoms with Crippen molar-refractivity contribution in [1.82, 2.24) is 15.5 Å². The second-order valence-corrected chi connectivity index (χ2v) is 7.08. The van der Waals surface area contributed by atoms with Crippen molar-refractivity contribution in [2.24, 2.45) is 4.99 Å². The Morgan fingerprint density at radius 3 is 2.48 bits per heavy atom. The van der Waals surface area contributed by atoms with Gasteiger partial charge in [0, 0.05) is 39.4 Å². The van der Waals surface area contributed by atoms with E-state index in [1.165, 1.54) is 6.42 Å². The number of aliphatic imine (C=N–C) groups is 1. The third-order valence-corrected chi connectivity index (χ3v) is 4.84. The molecule has 0 bridgehead atoms. The van der Waals surface area contributed by atoms with Crippen LogP contribution in [0.25, 0.3) is 0 Å². The predicted octanol–water partition coefficient (Wildman–Crippen LogP) is 2.27. The van der Waals surface area contributed by atoms with Gasteiger partial charge in [-0.2, -0.15) is 0 Å². The molecule has 7 nitrogen and oxygen atoms in total. The van der Waals surface area contributed by atoms with Gasteiger partial charge in [0.2, 0.25) is 0 Å². The minimum absolute atomic E-state index is 0.637. The van der Waals surface area contributed by atoms with Crippen molar-refractivity contribution in [1.29, 1.82) is 0 Å². The maximum absolute atomic E-state index is 5.41. The highest BCUT2D eigenvalue weighted by molar-refractivity contribution is 5.79. The Labute approximate surface area is 175 Å². The molecule has 164 valence electrons. The van der Waals surface area contributed by atoms with Gasteiger partial charge in [-0.15, -0.1) is 0 Å². The molecule has 0 aromatic heterocycles. The molecule has 0 aliphatic carbocycles. The Morgan fingerprint density at radius 1 is 1.07 bits per heavy atom. The van der Waals surface area contributed by atoms with E-state index in [1.54, 1.807) is 7.11 Å². The molecule has 1 saturated heterocycles. The van der Waals surface area contributed by atoms with Crippen molar-refractivity contribution in [2.75, 3.05) is 66.3 Å². The largest absolute Gasteiger partial charge is 0.497 e. The molecule has 29 heavy (non-hydrogen) atoms. The summed E-state index contributed by atoms with van der Waals surface area (Å²) in [5, 5.41) is 6.89. The van der Waals surface area contributed by atoms with E-state index < -0.39 is 0 Å². The zero-order valence-corrected chi connectivity index (χ0v) is 18.1. The van der Waals surface area contributed by atoms with Crippen LogP contribution < -0.4 is 15.4 Å². The monoisotopic (exact) mass is 406 g/mol. The summed E-state index contributed by atoms with van der Waals surface area (Å²) < 4.78 is 16.0. The highest BCUT2D eigenvalue weighted by Crippen LogP contribution is 2.11. The molecule has 0 amide bonds. The van der Waals surface area contributed by atoms with Crippen molar-refractivity contribution in [3.63, 3.8) is 0 Å². The first-order valence-corrected chi connectivity index (χ1v) is 10.8. The smallest absolute Gasteiger partial charge is 0.191 e. The first kappa shape index (κ1) is 23.4. The van der Waals surface area contributed by atoms with Crippen LogP contribution in [0.4, 0.5) is 0 Å². The molecule has 0 saturated carbocycles. The van der Waals surface area contributed by atoms with E-state index in [9.17, 15) is 0 Å². The van der Waals surface area contributed by atoms with Crippen LogP contribution in [0.1, 0.15) is 31.7 Å². The van der Waals surface area contributed by atoms with Crippen LogP contribution in [0.15, 0.2) is 29.3 Å². The van der Waals surface area contributed by atoms with Gasteiger partial charge < -0.3 is 24.8 Å². The SMILES string of the molecule is CCOCCCNC(=NCc1ccc(OC)cc1)NCCCCN1CCOCC1. The van der Waals surface area contributed by atoms with Crippen molar-refractivity contribution in [3.8, 4) is 5.75 Å². The van der Waals surface area contributed by atoms with E-state index in [2.05, 4.69) is 27.7 Å². The minimum Gasteiger partial charge on any atom is -0.497 e. The van der Waals surface area contributed by atoms with Gasteiger partial charge in [-0.25, -0.2) is 4.99 Å². The normalized spacial score (nSPS) is 15.3. The molecule has 7 heteroatoms. The molecule has 0 unspecified atom stereocenters. The van der Waals surface area contributed by atoms with Crippen molar-refractivity contribution < 1.29 is 14.2 Å². The summed E-state index contributed by atoms with van der Waals surface area (Å²) in [5.41, 5.74) is 1.16. The summed E-state index contributed by atoms with van der Waals surface area (Å²) in [6.07, 6.45) is 3.27. The van der Waals surface area contributed by atoms with Crippen molar-refractivity contribution in [2.45, 2.75) is 32.7 Å². The molecule has 2 N–H and O–H groups in total. The van der Waals surface area contributed by atoms with Gasteiger partial charge in [0.25, 0.3) is 0 Å². The fourth-order valence-electron chi connectivity index (χ4n) is 3.09.